The largest absolute Gasteiger partial charge is 0.480 e. The van der Waals surface area contributed by atoms with Gasteiger partial charge in [0.1, 0.15) is 5.56 Å². The summed E-state index contributed by atoms with van der Waals surface area (Å²) < 4.78 is 5.14. The summed E-state index contributed by atoms with van der Waals surface area (Å²) in [6, 6.07) is 3.37. The van der Waals surface area contributed by atoms with E-state index in [1.54, 1.807) is 41.8 Å². The summed E-state index contributed by atoms with van der Waals surface area (Å²) in [6.07, 6.45) is 6.50. The number of aliphatic hydroxyl groups excluding tert-OH is 1. The zero-order valence-corrected chi connectivity index (χ0v) is 12.8. The van der Waals surface area contributed by atoms with Gasteiger partial charge < -0.3 is 14.7 Å². The molecule has 2 aromatic rings. The number of rotatable bonds is 4. The normalized spacial score (nSPS) is 20.5. The van der Waals surface area contributed by atoms with E-state index in [0.29, 0.717) is 31.0 Å². The first kappa shape index (κ1) is 15.4. The number of carbonyl (C=O) groups excluding carboxylic acids is 1. The Morgan fingerprint density at radius 1 is 1.35 bits per heavy atom. The van der Waals surface area contributed by atoms with Crippen LogP contribution in [0.15, 0.2) is 36.9 Å². The number of pyridine rings is 1. The quantitative estimate of drug-likeness (QED) is 0.887. The van der Waals surface area contributed by atoms with Crippen LogP contribution < -0.4 is 4.74 Å². The molecule has 3 rings (SSSR count). The number of hydrogen-bond donors (Lipinski definition) is 1. The van der Waals surface area contributed by atoms with E-state index in [0.717, 1.165) is 5.69 Å². The lowest BCUT2D eigenvalue weighted by molar-refractivity contribution is 0.0760. The van der Waals surface area contributed by atoms with Crippen molar-refractivity contribution in [3.63, 3.8) is 0 Å². The van der Waals surface area contributed by atoms with Crippen molar-refractivity contribution in [3.05, 3.63) is 48.2 Å². The molecule has 0 unspecified atom stereocenters. The van der Waals surface area contributed by atoms with Crippen LogP contribution in [0.5, 0.6) is 5.88 Å². The molecule has 1 aliphatic rings. The predicted molar refractivity (Wildman–Crippen MR) is 81.9 cm³/mol. The first-order valence-corrected chi connectivity index (χ1v) is 7.40. The van der Waals surface area contributed by atoms with Gasteiger partial charge in [-0.15, -0.1) is 0 Å². The fourth-order valence-corrected chi connectivity index (χ4v) is 2.81. The molecule has 0 aliphatic carbocycles. The highest BCUT2D eigenvalue weighted by molar-refractivity contribution is 5.96. The fraction of sp³-hybridized carbons (Fsp3) is 0.375. The molecule has 1 saturated heterocycles. The molecule has 1 amide bonds. The second kappa shape index (κ2) is 6.70. The van der Waals surface area contributed by atoms with Crippen LogP contribution in [0.3, 0.4) is 0 Å². The zero-order valence-electron chi connectivity index (χ0n) is 12.8. The van der Waals surface area contributed by atoms with Gasteiger partial charge in [0.05, 0.1) is 18.9 Å². The van der Waals surface area contributed by atoms with Crippen molar-refractivity contribution in [1.82, 2.24) is 19.9 Å². The molecule has 0 aromatic carbocycles. The molecule has 1 aliphatic heterocycles. The number of nitrogens with zero attached hydrogens (tertiary/aromatic N) is 4. The van der Waals surface area contributed by atoms with Gasteiger partial charge in [0.2, 0.25) is 5.88 Å². The molecule has 2 aromatic heterocycles. The van der Waals surface area contributed by atoms with Gasteiger partial charge in [0, 0.05) is 43.8 Å². The second-order valence-corrected chi connectivity index (χ2v) is 5.50. The van der Waals surface area contributed by atoms with E-state index in [2.05, 4.69) is 15.0 Å². The lowest BCUT2D eigenvalue weighted by Gasteiger charge is -2.17. The molecule has 7 nitrogen and oxygen atoms in total. The van der Waals surface area contributed by atoms with Crippen LogP contribution >= 0.6 is 0 Å². The van der Waals surface area contributed by atoms with Crippen molar-refractivity contribution < 1.29 is 14.6 Å². The molecule has 120 valence electrons. The molecule has 1 fully saturated rings. The molecule has 2 atom stereocenters. The van der Waals surface area contributed by atoms with Gasteiger partial charge in [0.15, 0.2) is 0 Å². The van der Waals surface area contributed by atoms with E-state index < -0.39 is 6.10 Å². The van der Waals surface area contributed by atoms with E-state index in [9.17, 15) is 9.90 Å². The van der Waals surface area contributed by atoms with Gasteiger partial charge in [0.25, 0.3) is 5.91 Å². The maximum absolute atomic E-state index is 12.6. The third-order valence-electron chi connectivity index (χ3n) is 3.98. The summed E-state index contributed by atoms with van der Waals surface area (Å²) in [4.78, 5) is 26.6. The Hall–Kier alpha value is -2.54. The molecule has 3 heterocycles. The minimum absolute atomic E-state index is 0.0571. The van der Waals surface area contributed by atoms with Gasteiger partial charge in [-0.05, 0) is 18.6 Å². The first-order valence-electron chi connectivity index (χ1n) is 7.40. The highest BCUT2D eigenvalue weighted by Crippen LogP contribution is 2.24. The van der Waals surface area contributed by atoms with Crippen molar-refractivity contribution in [1.29, 1.82) is 0 Å². The second-order valence-electron chi connectivity index (χ2n) is 5.50. The third-order valence-corrected chi connectivity index (χ3v) is 3.98. The first-order chi connectivity index (χ1) is 11.2. The van der Waals surface area contributed by atoms with Crippen LogP contribution in [-0.4, -0.2) is 57.2 Å². The topological polar surface area (TPSA) is 88.4 Å². The number of ether oxygens (including phenoxy) is 1. The van der Waals surface area contributed by atoms with Gasteiger partial charge in [-0.25, -0.2) is 4.98 Å². The molecule has 7 heteroatoms. The van der Waals surface area contributed by atoms with E-state index in [1.807, 2.05) is 0 Å². The Morgan fingerprint density at radius 2 is 2.22 bits per heavy atom. The molecule has 0 spiro atoms. The number of aliphatic hydroxyl groups is 1. The molecule has 0 saturated carbocycles. The Labute approximate surface area is 134 Å². The average Bonchev–Trinajstić information content (AvgIpc) is 2.96. The van der Waals surface area contributed by atoms with E-state index in [-0.39, 0.29) is 11.8 Å². The standard InChI is InChI=1S/C16H18N4O3/c1-23-15-13(3-2-4-19-15)16(22)20-9-11(14(21)10-20)7-12-8-17-5-6-18-12/h2-6,8,11,14,21H,7,9-10H2,1H3/t11-,14-/m1/s1. The number of β-amino-alcohol motifs (C(OH)–C–C–N with tert-alkyl or cyclic N) is 1. The Balaban J connectivity index is 1.72. The monoisotopic (exact) mass is 314 g/mol. The predicted octanol–water partition coefficient (Wildman–Crippen LogP) is 0.556. The van der Waals surface area contributed by atoms with Crippen LogP contribution in [0, 0.1) is 5.92 Å². The number of likely N-dealkylation sites (tertiary alicyclic amines) is 1. The maximum Gasteiger partial charge on any atom is 0.259 e. The number of carbonyl (C=O) groups is 1. The number of hydrogen-bond acceptors (Lipinski definition) is 6. The summed E-state index contributed by atoms with van der Waals surface area (Å²) in [5.74, 6) is 0.0540. The minimum Gasteiger partial charge on any atom is -0.480 e. The SMILES string of the molecule is COc1ncccc1C(=O)N1C[C@@H](Cc2cnccn2)[C@H](O)C1. The average molecular weight is 314 g/mol. The third kappa shape index (κ3) is 3.29. The molecular formula is C16H18N4O3. The Morgan fingerprint density at radius 3 is 2.96 bits per heavy atom. The van der Waals surface area contributed by atoms with Crippen molar-refractivity contribution >= 4 is 5.91 Å². The number of methoxy groups -OCH3 is 1. The van der Waals surface area contributed by atoms with E-state index >= 15 is 0 Å². The zero-order chi connectivity index (χ0) is 16.2. The van der Waals surface area contributed by atoms with Crippen LogP contribution in [0.25, 0.3) is 0 Å². The molecule has 23 heavy (non-hydrogen) atoms. The molecule has 1 N–H and O–H groups in total. The summed E-state index contributed by atoms with van der Waals surface area (Å²) in [6.45, 7) is 0.760. The van der Waals surface area contributed by atoms with Crippen molar-refractivity contribution in [2.75, 3.05) is 20.2 Å². The molecule has 0 radical (unpaired) electrons. The summed E-state index contributed by atoms with van der Waals surface area (Å²) in [5, 5.41) is 10.3. The van der Waals surface area contributed by atoms with Gasteiger partial charge in [-0.2, -0.15) is 0 Å². The van der Waals surface area contributed by atoms with Crippen molar-refractivity contribution in [3.8, 4) is 5.88 Å². The van der Waals surface area contributed by atoms with Crippen LogP contribution in [0.4, 0.5) is 0 Å². The summed E-state index contributed by atoms with van der Waals surface area (Å²) >= 11 is 0. The van der Waals surface area contributed by atoms with Crippen LogP contribution in [-0.2, 0) is 6.42 Å². The summed E-state index contributed by atoms with van der Waals surface area (Å²) in [5.41, 5.74) is 1.21. The van der Waals surface area contributed by atoms with Gasteiger partial charge in [-0.1, -0.05) is 0 Å². The highest BCUT2D eigenvalue weighted by atomic mass is 16.5. The van der Waals surface area contributed by atoms with Crippen molar-refractivity contribution in [2.24, 2.45) is 5.92 Å². The summed E-state index contributed by atoms with van der Waals surface area (Å²) in [7, 11) is 1.48. The fourth-order valence-electron chi connectivity index (χ4n) is 2.81. The Kier molecular flexibility index (Phi) is 4.47. The smallest absolute Gasteiger partial charge is 0.259 e. The maximum atomic E-state index is 12.6. The Bertz CT molecular complexity index is 680. The van der Waals surface area contributed by atoms with Crippen molar-refractivity contribution in [2.45, 2.75) is 12.5 Å². The highest BCUT2D eigenvalue weighted by Gasteiger charge is 2.35. The number of amides is 1. The van der Waals surface area contributed by atoms with E-state index in [1.165, 1.54) is 7.11 Å². The van der Waals surface area contributed by atoms with E-state index in [4.69, 9.17) is 4.74 Å². The van der Waals surface area contributed by atoms with Gasteiger partial charge >= 0.3 is 0 Å². The number of aromatic nitrogens is 3. The van der Waals surface area contributed by atoms with Gasteiger partial charge in [-0.3, -0.25) is 14.8 Å². The lowest BCUT2D eigenvalue weighted by atomic mass is 10.0. The molecule has 0 bridgehead atoms. The van der Waals surface area contributed by atoms with Crippen LogP contribution in [0.1, 0.15) is 16.1 Å². The minimum atomic E-state index is -0.580. The van der Waals surface area contributed by atoms with Crippen LogP contribution in [0.2, 0.25) is 0 Å². The lowest BCUT2D eigenvalue weighted by Crippen LogP contribution is -2.30. The molecular weight excluding hydrogens is 296 g/mol.